The molecule has 0 bridgehead atoms. The first-order chi connectivity index (χ1) is 13.2. The van der Waals surface area contributed by atoms with E-state index in [1.807, 2.05) is 54.6 Å². The average molecular weight is 379 g/mol. The number of hydrogen-bond acceptors (Lipinski definition) is 2. The number of nitrogens with zero attached hydrogens (tertiary/aromatic N) is 2. The van der Waals surface area contributed by atoms with Crippen LogP contribution in [-0.4, -0.2) is 29.3 Å². The van der Waals surface area contributed by atoms with Crippen molar-refractivity contribution < 1.29 is 9.59 Å². The zero-order valence-corrected chi connectivity index (χ0v) is 15.4. The van der Waals surface area contributed by atoms with Crippen molar-refractivity contribution in [3.05, 3.63) is 102 Å². The van der Waals surface area contributed by atoms with Crippen molar-refractivity contribution in [2.75, 3.05) is 18.0 Å². The van der Waals surface area contributed by atoms with Crippen LogP contribution in [0.5, 0.6) is 0 Å². The fourth-order valence-electron chi connectivity index (χ4n) is 2.70. The summed E-state index contributed by atoms with van der Waals surface area (Å²) in [5.41, 5.74) is 1.84. The van der Waals surface area contributed by atoms with Gasteiger partial charge in [0.2, 0.25) is 0 Å². The van der Waals surface area contributed by atoms with E-state index >= 15 is 0 Å². The Labute approximate surface area is 163 Å². The lowest BCUT2D eigenvalue weighted by Crippen LogP contribution is -2.38. The van der Waals surface area contributed by atoms with Crippen molar-refractivity contribution in [2.24, 2.45) is 0 Å². The van der Waals surface area contributed by atoms with Gasteiger partial charge >= 0.3 is 0 Å². The summed E-state index contributed by atoms with van der Waals surface area (Å²) in [6.07, 6.45) is 0. The zero-order valence-electron chi connectivity index (χ0n) is 14.7. The van der Waals surface area contributed by atoms with Crippen LogP contribution in [0.1, 0.15) is 20.7 Å². The molecule has 0 aliphatic heterocycles. The van der Waals surface area contributed by atoms with E-state index in [9.17, 15) is 9.59 Å². The Morgan fingerprint density at radius 3 is 1.59 bits per heavy atom. The maximum atomic E-state index is 13.0. The lowest BCUT2D eigenvalue weighted by atomic mass is 10.1. The lowest BCUT2D eigenvalue weighted by molar-refractivity contribution is 0.0859. The Morgan fingerprint density at radius 2 is 1.07 bits per heavy atom. The van der Waals surface area contributed by atoms with E-state index in [0.29, 0.717) is 11.1 Å². The standard InChI is InChI=1S/C22H19ClN2O2/c23-25(22(27)19-12-6-2-7-13-19)17-16-24(20-14-8-3-9-15-20)21(26)18-10-4-1-5-11-18/h1-15H,16-17H2. The minimum Gasteiger partial charge on any atom is -0.307 e. The smallest absolute Gasteiger partial charge is 0.268 e. The highest BCUT2D eigenvalue weighted by Gasteiger charge is 2.20. The Kier molecular flexibility index (Phi) is 6.23. The van der Waals surface area contributed by atoms with Crippen molar-refractivity contribution in [1.29, 1.82) is 0 Å². The minimum absolute atomic E-state index is 0.140. The summed E-state index contributed by atoms with van der Waals surface area (Å²) >= 11 is 6.19. The molecule has 0 aliphatic carbocycles. The summed E-state index contributed by atoms with van der Waals surface area (Å²) in [4.78, 5) is 27.0. The first-order valence-electron chi connectivity index (χ1n) is 8.61. The molecule has 136 valence electrons. The van der Waals surface area contributed by atoms with Crippen LogP contribution in [0.4, 0.5) is 5.69 Å². The molecule has 0 unspecified atom stereocenters. The van der Waals surface area contributed by atoms with Crippen LogP contribution in [0.3, 0.4) is 0 Å². The third kappa shape index (κ3) is 4.74. The molecule has 0 spiro atoms. The third-order valence-electron chi connectivity index (χ3n) is 4.09. The summed E-state index contributed by atoms with van der Waals surface area (Å²) in [5.74, 6) is -0.434. The number of carbonyl (C=O) groups excluding carboxylic acids is 2. The number of amides is 2. The molecule has 0 N–H and O–H groups in total. The maximum Gasteiger partial charge on any atom is 0.268 e. The number of hydrogen-bond donors (Lipinski definition) is 0. The lowest BCUT2D eigenvalue weighted by Gasteiger charge is -2.25. The fraction of sp³-hybridized carbons (Fsp3) is 0.0909. The van der Waals surface area contributed by atoms with Crippen LogP contribution in [0.15, 0.2) is 91.0 Å². The van der Waals surface area contributed by atoms with Crippen molar-refractivity contribution in [1.82, 2.24) is 4.42 Å². The molecule has 2 amide bonds. The van der Waals surface area contributed by atoms with Crippen LogP contribution in [-0.2, 0) is 0 Å². The van der Waals surface area contributed by atoms with E-state index in [1.165, 1.54) is 0 Å². The second-order valence-corrected chi connectivity index (χ2v) is 6.32. The zero-order chi connectivity index (χ0) is 19.1. The molecule has 27 heavy (non-hydrogen) atoms. The molecule has 0 aromatic heterocycles. The van der Waals surface area contributed by atoms with Crippen LogP contribution >= 0.6 is 11.8 Å². The molecular weight excluding hydrogens is 360 g/mol. The van der Waals surface area contributed by atoms with Gasteiger partial charge in [0.05, 0.1) is 6.54 Å². The molecule has 0 fully saturated rings. The number of benzene rings is 3. The molecule has 0 atom stereocenters. The second kappa shape index (κ2) is 9.01. The Bertz CT molecular complexity index is 886. The summed E-state index contributed by atoms with van der Waals surface area (Å²) in [5, 5.41) is 0. The van der Waals surface area contributed by atoms with Gasteiger partial charge < -0.3 is 4.90 Å². The first-order valence-corrected chi connectivity index (χ1v) is 8.95. The van der Waals surface area contributed by atoms with Gasteiger partial charge in [0.1, 0.15) is 0 Å². The molecule has 4 nitrogen and oxygen atoms in total. The highest BCUT2D eigenvalue weighted by atomic mass is 35.5. The molecule has 5 heteroatoms. The molecule has 3 aromatic rings. The topological polar surface area (TPSA) is 40.6 Å². The molecule has 0 aliphatic rings. The minimum atomic E-state index is -0.294. The van der Waals surface area contributed by atoms with Gasteiger partial charge in [-0.2, -0.15) is 0 Å². The Balaban J connectivity index is 1.76. The van der Waals surface area contributed by atoms with Crippen molar-refractivity contribution in [2.45, 2.75) is 0 Å². The van der Waals surface area contributed by atoms with Crippen LogP contribution in [0, 0.1) is 0 Å². The van der Waals surface area contributed by atoms with E-state index in [1.54, 1.807) is 41.3 Å². The maximum absolute atomic E-state index is 13.0. The second-order valence-electron chi connectivity index (χ2n) is 5.92. The molecular formula is C22H19ClN2O2. The Hall–Kier alpha value is -3.11. The van der Waals surface area contributed by atoms with Gasteiger partial charge in [-0.15, -0.1) is 0 Å². The van der Waals surface area contributed by atoms with Gasteiger partial charge in [-0.25, -0.2) is 4.42 Å². The van der Waals surface area contributed by atoms with Crippen LogP contribution in [0.25, 0.3) is 0 Å². The highest BCUT2D eigenvalue weighted by molar-refractivity contribution is 6.24. The van der Waals surface area contributed by atoms with E-state index in [-0.39, 0.29) is 24.9 Å². The fourth-order valence-corrected chi connectivity index (χ4v) is 2.88. The highest BCUT2D eigenvalue weighted by Crippen LogP contribution is 2.17. The molecule has 0 heterocycles. The van der Waals surface area contributed by atoms with Gasteiger partial charge in [0.15, 0.2) is 0 Å². The normalized spacial score (nSPS) is 10.3. The summed E-state index contributed by atoms with van der Waals surface area (Å²) in [7, 11) is 0. The predicted molar refractivity (Wildman–Crippen MR) is 108 cm³/mol. The molecule has 0 radical (unpaired) electrons. The Morgan fingerprint density at radius 1 is 0.630 bits per heavy atom. The number of para-hydroxylation sites is 1. The van der Waals surface area contributed by atoms with Crippen LogP contribution < -0.4 is 4.90 Å². The van der Waals surface area contributed by atoms with E-state index in [2.05, 4.69) is 0 Å². The van der Waals surface area contributed by atoms with Gasteiger partial charge in [0.25, 0.3) is 11.8 Å². The summed E-state index contributed by atoms with van der Waals surface area (Å²) in [6.45, 7) is 0.475. The van der Waals surface area contributed by atoms with Crippen molar-refractivity contribution in [3.8, 4) is 0 Å². The van der Waals surface area contributed by atoms with E-state index in [4.69, 9.17) is 11.8 Å². The predicted octanol–water partition coefficient (Wildman–Crippen LogP) is 4.63. The number of halogens is 1. The monoisotopic (exact) mass is 378 g/mol. The molecule has 0 saturated carbocycles. The largest absolute Gasteiger partial charge is 0.307 e. The van der Waals surface area contributed by atoms with Crippen molar-refractivity contribution in [3.63, 3.8) is 0 Å². The van der Waals surface area contributed by atoms with Crippen molar-refractivity contribution >= 4 is 29.3 Å². The van der Waals surface area contributed by atoms with Gasteiger partial charge in [0, 0.05) is 35.1 Å². The van der Waals surface area contributed by atoms with E-state index in [0.717, 1.165) is 10.1 Å². The van der Waals surface area contributed by atoms with Gasteiger partial charge in [-0.1, -0.05) is 54.6 Å². The van der Waals surface area contributed by atoms with Crippen LogP contribution in [0.2, 0.25) is 0 Å². The van der Waals surface area contributed by atoms with Gasteiger partial charge in [-0.05, 0) is 36.4 Å². The average Bonchev–Trinajstić information content (AvgIpc) is 2.75. The molecule has 3 rings (SSSR count). The summed E-state index contributed by atoms with van der Waals surface area (Å²) in [6, 6.07) is 27.2. The third-order valence-corrected chi connectivity index (χ3v) is 4.42. The number of carbonyl (C=O) groups is 2. The first kappa shape index (κ1) is 18.7. The van der Waals surface area contributed by atoms with Gasteiger partial charge in [-0.3, -0.25) is 9.59 Å². The molecule has 3 aromatic carbocycles. The summed E-state index contributed by atoms with van der Waals surface area (Å²) < 4.78 is 1.11. The SMILES string of the molecule is O=C(c1ccccc1)N(Cl)CCN(C(=O)c1ccccc1)c1ccccc1. The number of anilines is 1. The quantitative estimate of drug-likeness (QED) is 0.587. The number of rotatable bonds is 6. The van der Waals surface area contributed by atoms with E-state index < -0.39 is 0 Å². The molecule has 0 saturated heterocycles.